The fraction of sp³-hybridized carbons (Fsp3) is 0.550. The third-order valence-electron chi connectivity index (χ3n) is 5.16. The first-order chi connectivity index (χ1) is 14.8. The molecule has 11 heteroatoms. The Balaban J connectivity index is 1.49. The lowest BCUT2D eigenvalue weighted by atomic mass is 9.97. The predicted molar refractivity (Wildman–Crippen MR) is 111 cm³/mol. The Kier molecular flexibility index (Phi) is 7.50. The average molecular weight is 453 g/mol. The largest absolute Gasteiger partial charge is 0.460 e. The van der Waals surface area contributed by atoms with Gasteiger partial charge in [0.1, 0.15) is 0 Å². The maximum atomic E-state index is 12.8. The van der Waals surface area contributed by atoms with E-state index in [4.69, 9.17) is 9.15 Å². The SMILES string of the molecule is CCOC(=O)c1ccc(S(=O)(=O)N2CCC(C(=O)NCC(C)Cn3cccn3)CC2)o1. The van der Waals surface area contributed by atoms with Crippen LogP contribution in [0.15, 0.2) is 40.1 Å². The highest BCUT2D eigenvalue weighted by Crippen LogP contribution is 2.25. The van der Waals surface area contributed by atoms with Gasteiger partial charge in [-0.2, -0.15) is 9.40 Å². The summed E-state index contributed by atoms with van der Waals surface area (Å²) in [6.07, 6.45) is 4.44. The minimum Gasteiger partial charge on any atom is -0.460 e. The fourth-order valence-electron chi connectivity index (χ4n) is 3.47. The third kappa shape index (κ3) is 5.73. The van der Waals surface area contributed by atoms with Gasteiger partial charge in [-0.25, -0.2) is 13.2 Å². The van der Waals surface area contributed by atoms with E-state index in [1.165, 1.54) is 16.4 Å². The van der Waals surface area contributed by atoms with E-state index < -0.39 is 16.0 Å². The Bertz CT molecular complexity index is 977. The van der Waals surface area contributed by atoms with Crippen molar-refractivity contribution in [1.29, 1.82) is 0 Å². The average Bonchev–Trinajstić information content (AvgIpc) is 3.45. The number of piperidine rings is 1. The van der Waals surface area contributed by atoms with Crippen molar-refractivity contribution in [3.05, 3.63) is 36.4 Å². The van der Waals surface area contributed by atoms with Gasteiger partial charge in [0.15, 0.2) is 0 Å². The van der Waals surface area contributed by atoms with Crippen LogP contribution in [-0.4, -0.2) is 60.6 Å². The van der Waals surface area contributed by atoms with Crippen molar-refractivity contribution in [2.45, 2.75) is 38.3 Å². The Morgan fingerprint density at radius 1 is 1.32 bits per heavy atom. The van der Waals surface area contributed by atoms with Crippen molar-refractivity contribution in [2.24, 2.45) is 11.8 Å². The molecule has 0 radical (unpaired) electrons. The Labute approximate surface area is 181 Å². The van der Waals surface area contributed by atoms with Crippen molar-refractivity contribution >= 4 is 21.9 Å². The summed E-state index contributed by atoms with van der Waals surface area (Å²) >= 11 is 0. The molecule has 1 aliphatic rings. The highest BCUT2D eigenvalue weighted by atomic mass is 32.2. The second kappa shape index (κ2) is 10.1. The minimum atomic E-state index is -3.88. The first-order valence-corrected chi connectivity index (χ1v) is 11.8. The monoisotopic (exact) mass is 452 g/mol. The normalized spacial score (nSPS) is 16.7. The van der Waals surface area contributed by atoms with Gasteiger partial charge in [-0.05, 0) is 43.9 Å². The number of hydrogen-bond acceptors (Lipinski definition) is 7. The van der Waals surface area contributed by atoms with Gasteiger partial charge in [-0.1, -0.05) is 6.92 Å². The van der Waals surface area contributed by atoms with Gasteiger partial charge in [0.2, 0.25) is 16.8 Å². The summed E-state index contributed by atoms with van der Waals surface area (Å²) in [4.78, 5) is 24.2. The quantitative estimate of drug-likeness (QED) is 0.572. The number of carbonyl (C=O) groups excluding carboxylic acids is 2. The van der Waals surface area contributed by atoms with Crippen molar-refractivity contribution in [3.63, 3.8) is 0 Å². The lowest BCUT2D eigenvalue weighted by Crippen LogP contribution is -2.43. The number of nitrogens with zero attached hydrogens (tertiary/aromatic N) is 3. The molecule has 2 aromatic rings. The molecule has 1 unspecified atom stereocenters. The zero-order valence-electron chi connectivity index (χ0n) is 17.7. The molecule has 1 aliphatic heterocycles. The van der Waals surface area contributed by atoms with E-state index >= 15 is 0 Å². The number of ether oxygens (including phenoxy) is 1. The van der Waals surface area contributed by atoms with Gasteiger partial charge in [0, 0.05) is 44.5 Å². The van der Waals surface area contributed by atoms with Crippen LogP contribution >= 0.6 is 0 Å². The number of esters is 1. The number of hydrogen-bond donors (Lipinski definition) is 1. The number of nitrogens with one attached hydrogen (secondary N) is 1. The molecular formula is C20H28N4O6S. The topological polar surface area (TPSA) is 124 Å². The van der Waals surface area contributed by atoms with E-state index in [0.717, 1.165) is 0 Å². The number of furan rings is 1. The Morgan fingerprint density at radius 2 is 2.06 bits per heavy atom. The second-order valence-electron chi connectivity index (χ2n) is 7.60. The molecule has 0 bridgehead atoms. The van der Waals surface area contributed by atoms with Crippen molar-refractivity contribution in [1.82, 2.24) is 19.4 Å². The number of carbonyl (C=O) groups is 2. The summed E-state index contributed by atoms with van der Waals surface area (Å²) in [5.41, 5.74) is 0. The zero-order valence-corrected chi connectivity index (χ0v) is 18.5. The molecule has 31 heavy (non-hydrogen) atoms. The summed E-state index contributed by atoms with van der Waals surface area (Å²) in [6.45, 7) is 5.50. The number of aromatic nitrogens is 2. The summed E-state index contributed by atoms with van der Waals surface area (Å²) in [6, 6.07) is 4.39. The number of rotatable bonds is 9. The smallest absolute Gasteiger partial charge is 0.374 e. The molecule has 0 saturated carbocycles. The van der Waals surface area contributed by atoms with Crippen LogP contribution in [0.2, 0.25) is 0 Å². The van der Waals surface area contributed by atoms with E-state index in [2.05, 4.69) is 10.4 Å². The van der Waals surface area contributed by atoms with Crippen LogP contribution in [0.5, 0.6) is 0 Å². The maximum Gasteiger partial charge on any atom is 0.374 e. The number of sulfonamides is 1. The molecule has 1 amide bonds. The van der Waals surface area contributed by atoms with Gasteiger partial charge >= 0.3 is 5.97 Å². The van der Waals surface area contributed by atoms with Crippen molar-refractivity contribution < 1.29 is 27.2 Å². The van der Waals surface area contributed by atoms with Crippen LogP contribution in [0.3, 0.4) is 0 Å². The molecule has 170 valence electrons. The van der Waals surface area contributed by atoms with Crippen LogP contribution in [-0.2, 0) is 26.1 Å². The van der Waals surface area contributed by atoms with Crippen LogP contribution in [0.25, 0.3) is 0 Å². The van der Waals surface area contributed by atoms with Gasteiger partial charge in [0.05, 0.1) is 6.61 Å². The Hall–Kier alpha value is -2.66. The summed E-state index contributed by atoms with van der Waals surface area (Å²) in [7, 11) is -3.88. The molecule has 0 aliphatic carbocycles. The molecule has 1 fully saturated rings. The predicted octanol–water partition coefficient (Wildman–Crippen LogP) is 1.51. The first-order valence-electron chi connectivity index (χ1n) is 10.3. The third-order valence-corrected chi connectivity index (χ3v) is 6.93. The van der Waals surface area contributed by atoms with Gasteiger partial charge < -0.3 is 14.5 Å². The van der Waals surface area contributed by atoms with Gasteiger partial charge in [0.25, 0.3) is 10.0 Å². The summed E-state index contributed by atoms with van der Waals surface area (Å²) < 4.78 is 38.7. The lowest BCUT2D eigenvalue weighted by Gasteiger charge is -2.30. The van der Waals surface area contributed by atoms with E-state index in [-0.39, 0.29) is 48.3 Å². The molecule has 3 heterocycles. The molecule has 1 atom stereocenters. The van der Waals surface area contributed by atoms with Crippen LogP contribution in [0.4, 0.5) is 0 Å². The maximum absolute atomic E-state index is 12.8. The molecule has 2 aromatic heterocycles. The molecule has 1 N–H and O–H groups in total. The van der Waals surface area contributed by atoms with Gasteiger partial charge in [-0.15, -0.1) is 0 Å². The summed E-state index contributed by atoms with van der Waals surface area (Å²) in [5, 5.41) is 6.82. The highest BCUT2D eigenvalue weighted by Gasteiger charge is 2.34. The molecule has 3 rings (SSSR count). The molecular weight excluding hydrogens is 424 g/mol. The van der Waals surface area contributed by atoms with Gasteiger partial charge in [-0.3, -0.25) is 9.48 Å². The fourth-order valence-corrected chi connectivity index (χ4v) is 4.85. The van der Waals surface area contributed by atoms with E-state index in [0.29, 0.717) is 25.9 Å². The highest BCUT2D eigenvalue weighted by molar-refractivity contribution is 7.89. The van der Waals surface area contributed by atoms with E-state index in [1.807, 2.05) is 23.9 Å². The van der Waals surface area contributed by atoms with Crippen LogP contribution < -0.4 is 5.32 Å². The molecule has 0 aromatic carbocycles. The Morgan fingerprint density at radius 3 is 2.71 bits per heavy atom. The molecule has 0 spiro atoms. The van der Waals surface area contributed by atoms with Crippen molar-refractivity contribution in [3.8, 4) is 0 Å². The first kappa shape index (κ1) is 23.0. The lowest BCUT2D eigenvalue weighted by molar-refractivity contribution is -0.126. The molecule has 1 saturated heterocycles. The van der Waals surface area contributed by atoms with E-state index in [9.17, 15) is 18.0 Å². The number of amides is 1. The second-order valence-corrected chi connectivity index (χ2v) is 9.46. The van der Waals surface area contributed by atoms with E-state index in [1.54, 1.807) is 13.1 Å². The van der Waals surface area contributed by atoms with Crippen molar-refractivity contribution in [2.75, 3.05) is 26.2 Å². The molecule has 10 nitrogen and oxygen atoms in total. The standard InChI is InChI=1S/C20H28N4O6S/c1-3-29-20(26)17-5-6-18(30-17)31(27,28)24-11-7-16(8-12-24)19(25)21-13-15(2)14-23-10-4-9-22-23/h4-6,9-10,15-16H,3,7-8,11-14H2,1-2H3,(H,21,25). The minimum absolute atomic E-state index is 0.0630. The zero-order chi connectivity index (χ0) is 22.4. The van der Waals surface area contributed by atoms with Crippen LogP contribution in [0, 0.1) is 11.8 Å². The summed E-state index contributed by atoms with van der Waals surface area (Å²) in [5.74, 6) is -0.945. The van der Waals surface area contributed by atoms with Crippen LogP contribution in [0.1, 0.15) is 37.2 Å².